The molecule has 34 heavy (non-hydrogen) atoms. The highest BCUT2D eigenvalue weighted by molar-refractivity contribution is 5.80. The van der Waals surface area contributed by atoms with Gasteiger partial charge in [0.15, 0.2) is 17.5 Å². The topological polar surface area (TPSA) is 76.8 Å². The standard InChI is InChI=1S/C23H23F3N6O2/c1-13-10-32(12-27-13)19-6-5-18(28-22(19)33-2)17-4-3-7-31-11-20(34-30-23(31)29-17)14-8-15(24)21(26)16(25)9-14/h5-6,8-10,12,17,20H,3-4,7,11H2,1-2H3,(H,29,30). The summed E-state index contributed by atoms with van der Waals surface area (Å²) in [5, 5.41) is 0. The van der Waals surface area contributed by atoms with Crippen molar-refractivity contribution in [3.8, 4) is 11.6 Å². The molecule has 0 amide bonds. The number of aliphatic imine (C=N–C) groups is 1. The number of ether oxygens (including phenoxy) is 1. The second-order valence-electron chi connectivity index (χ2n) is 8.25. The maximum absolute atomic E-state index is 13.7. The summed E-state index contributed by atoms with van der Waals surface area (Å²) in [5.41, 5.74) is 5.41. The third kappa shape index (κ3) is 4.18. The van der Waals surface area contributed by atoms with Gasteiger partial charge in [0.1, 0.15) is 11.8 Å². The predicted molar refractivity (Wildman–Crippen MR) is 117 cm³/mol. The fourth-order valence-electron chi connectivity index (χ4n) is 4.19. The number of rotatable bonds is 4. The number of fused-ring (bicyclic) bond motifs is 1. The molecule has 5 rings (SSSR count). The minimum absolute atomic E-state index is 0.209. The first-order chi connectivity index (χ1) is 16.4. The molecule has 4 heterocycles. The summed E-state index contributed by atoms with van der Waals surface area (Å²) in [6.45, 7) is 2.89. The van der Waals surface area contributed by atoms with E-state index < -0.39 is 23.6 Å². The van der Waals surface area contributed by atoms with Crippen LogP contribution >= 0.6 is 0 Å². The van der Waals surface area contributed by atoms with Crippen molar-refractivity contribution in [1.82, 2.24) is 24.9 Å². The van der Waals surface area contributed by atoms with Crippen molar-refractivity contribution in [3.05, 3.63) is 71.2 Å². The number of hydrogen-bond donors (Lipinski definition) is 1. The highest BCUT2D eigenvalue weighted by Crippen LogP contribution is 2.31. The Kier molecular flexibility index (Phi) is 5.86. The average Bonchev–Trinajstić information content (AvgIpc) is 3.15. The van der Waals surface area contributed by atoms with Gasteiger partial charge in [0.2, 0.25) is 11.8 Å². The molecule has 1 N–H and O–H groups in total. The molecule has 0 radical (unpaired) electrons. The third-order valence-electron chi connectivity index (χ3n) is 5.93. The van der Waals surface area contributed by atoms with E-state index in [4.69, 9.17) is 14.6 Å². The maximum atomic E-state index is 13.7. The number of benzene rings is 1. The number of methoxy groups -OCH3 is 1. The molecule has 2 aliphatic heterocycles. The lowest BCUT2D eigenvalue weighted by Gasteiger charge is -2.35. The molecular formula is C23H23F3N6O2. The molecule has 2 unspecified atom stereocenters. The van der Waals surface area contributed by atoms with E-state index in [9.17, 15) is 13.2 Å². The van der Waals surface area contributed by atoms with Gasteiger partial charge in [-0.05, 0) is 49.6 Å². The van der Waals surface area contributed by atoms with Gasteiger partial charge < -0.3 is 14.2 Å². The number of hydroxylamine groups is 1. The number of nitrogens with zero attached hydrogens (tertiary/aromatic N) is 5. The summed E-state index contributed by atoms with van der Waals surface area (Å²) in [4.78, 5) is 21.3. The summed E-state index contributed by atoms with van der Waals surface area (Å²) in [6, 6.07) is 5.50. The lowest BCUT2D eigenvalue weighted by atomic mass is 10.1. The van der Waals surface area contributed by atoms with Gasteiger partial charge in [-0.3, -0.25) is 4.84 Å². The molecule has 0 saturated carbocycles. The van der Waals surface area contributed by atoms with Gasteiger partial charge in [-0.2, -0.15) is 0 Å². The maximum Gasteiger partial charge on any atom is 0.238 e. The summed E-state index contributed by atoms with van der Waals surface area (Å²) in [7, 11) is 1.57. The molecule has 1 aromatic carbocycles. The Hall–Kier alpha value is -3.60. The van der Waals surface area contributed by atoms with Crippen LogP contribution in [0.4, 0.5) is 13.2 Å². The van der Waals surface area contributed by atoms with E-state index in [0.717, 1.165) is 42.0 Å². The zero-order chi connectivity index (χ0) is 23.8. The molecule has 1 saturated heterocycles. The number of hydrogen-bond acceptors (Lipinski definition) is 7. The highest BCUT2D eigenvalue weighted by Gasteiger charge is 2.31. The Morgan fingerprint density at radius 3 is 2.68 bits per heavy atom. The highest BCUT2D eigenvalue weighted by atomic mass is 19.2. The van der Waals surface area contributed by atoms with E-state index in [1.165, 1.54) is 0 Å². The van der Waals surface area contributed by atoms with Crippen LogP contribution in [0, 0.1) is 24.4 Å². The first-order valence-corrected chi connectivity index (χ1v) is 10.9. The van der Waals surface area contributed by atoms with E-state index in [1.54, 1.807) is 13.4 Å². The summed E-state index contributed by atoms with van der Waals surface area (Å²) < 4.78 is 48.1. The van der Waals surface area contributed by atoms with Gasteiger partial charge in [-0.15, -0.1) is 0 Å². The zero-order valence-corrected chi connectivity index (χ0v) is 18.6. The van der Waals surface area contributed by atoms with Crippen molar-refractivity contribution < 1.29 is 22.7 Å². The Labute approximate surface area is 194 Å². The van der Waals surface area contributed by atoms with E-state index in [-0.39, 0.29) is 11.6 Å². The molecular weight excluding hydrogens is 449 g/mol. The van der Waals surface area contributed by atoms with E-state index in [1.807, 2.05) is 34.7 Å². The first-order valence-electron chi connectivity index (χ1n) is 10.9. The summed E-state index contributed by atoms with van der Waals surface area (Å²) >= 11 is 0. The van der Waals surface area contributed by atoms with Crippen LogP contribution in [-0.4, -0.2) is 45.6 Å². The average molecular weight is 472 g/mol. The largest absolute Gasteiger partial charge is 0.479 e. The second-order valence-corrected chi connectivity index (χ2v) is 8.25. The minimum atomic E-state index is -1.50. The zero-order valence-electron chi connectivity index (χ0n) is 18.6. The van der Waals surface area contributed by atoms with Crippen molar-refractivity contribution in [2.75, 3.05) is 20.2 Å². The monoisotopic (exact) mass is 472 g/mol. The van der Waals surface area contributed by atoms with Crippen LogP contribution in [-0.2, 0) is 4.84 Å². The molecule has 0 aliphatic carbocycles. The molecule has 2 atom stereocenters. The van der Waals surface area contributed by atoms with Gasteiger partial charge in [0.25, 0.3) is 0 Å². The quantitative estimate of drug-likeness (QED) is 0.583. The van der Waals surface area contributed by atoms with E-state index >= 15 is 0 Å². The number of pyridine rings is 1. The van der Waals surface area contributed by atoms with Gasteiger partial charge >= 0.3 is 0 Å². The van der Waals surface area contributed by atoms with Crippen molar-refractivity contribution in [2.24, 2.45) is 4.99 Å². The van der Waals surface area contributed by atoms with Crippen LogP contribution in [0.1, 0.15) is 41.9 Å². The fraction of sp³-hybridized carbons (Fsp3) is 0.348. The molecule has 11 heteroatoms. The molecule has 2 aliphatic rings. The van der Waals surface area contributed by atoms with Crippen LogP contribution in [0.3, 0.4) is 0 Å². The lowest BCUT2D eigenvalue weighted by Crippen LogP contribution is -2.49. The van der Waals surface area contributed by atoms with Crippen molar-refractivity contribution in [3.63, 3.8) is 0 Å². The van der Waals surface area contributed by atoms with Crippen molar-refractivity contribution in [1.29, 1.82) is 0 Å². The van der Waals surface area contributed by atoms with Gasteiger partial charge in [0.05, 0.1) is 37.4 Å². The third-order valence-corrected chi connectivity index (χ3v) is 5.93. The van der Waals surface area contributed by atoms with Crippen LogP contribution in [0.5, 0.6) is 5.88 Å². The number of imidazole rings is 1. The number of nitrogens with one attached hydrogen (secondary N) is 1. The normalized spacial score (nSPS) is 20.3. The Morgan fingerprint density at radius 2 is 1.97 bits per heavy atom. The molecule has 178 valence electrons. The van der Waals surface area contributed by atoms with Crippen LogP contribution in [0.2, 0.25) is 0 Å². The lowest BCUT2D eigenvalue weighted by molar-refractivity contribution is -0.0351. The fourth-order valence-corrected chi connectivity index (χ4v) is 4.19. The Balaban J connectivity index is 1.37. The molecule has 3 aromatic rings. The SMILES string of the molecule is COc1nc(C2CCCN3CC(c4cc(F)c(F)c(F)c4)ONC3=N2)ccc1-n1cnc(C)c1. The van der Waals surface area contributed by atoms with Crippen LogP contribution in [0.25, 0.3) is 5.69 Å². The molecule has 2 aromatic heterocycles. The van der Waals surface area contributed by atoms with Gasteiger partial charge in [0, 0.05) is 12.7 Å². The molecule has 8 nitrogen and oxygen atoms in total. The molecule has 1 fully saturated rings. The molecule has 0 bridgehead atoms. The number of aryl methyl sites for hydroxylation is 1. The minimum Gasteiger partial charge on any atom is -0.479 e. The van der Waals surface area contributed by atoms with E-state index in [2.05, 4.69) is 15.4 Å². The Morgan fingerprint density at radius 1 is 1.18 bits per heavy atom. The second kappa shape index (κ2) is 8.98. The summed E-state index contributed by atoms with van der Waals surface area (Å²) in [6.07, 6.45) is 4.46. The van der Waals surface area contributed by atoms with Crippen LogP contribution < -0.4 is 10.2 Å². The van der Waals surface area contributed by atoms with Gasteiger partial charge in [-0.25, -0.2) is 33.6 Å². The van der Waals surface area contributed by atoms with Gasteiger partial charge in [-0.1, -0.05) is 0 Å². The van der Waals surface area contributed by atoms with Crippen molar-refractivity contribution >= 4 is 5.96 Å². The number of halogens is 3. The Bertz CT molecular complexity index is 1220. The number of aromatic nitrogens is 3. The molecule has 0 spiro atoms. The predicted octanol–water partition coefficient (Wildman–Crippen LogP) is 3.77. The first kappa shape index (κ1) is 22.2. The van der Waals surface area contributed by atoms with Crippen molar-refractivity contribution in [2.45, 2.75) is 31.9 Å². The summed E-state index contributed by atoms with van der Waals surface area (Å²) in [5.74, 6) is -3.02. The van der Waals surface area contributed by atoms with Crippen LogP contribution in [0.15, 0.2) is 41.8 Å². The smallest absolute Gasteiger partial charge is 0.238 e. The number of guanidine groups is 1. The van der Waals surface area contributed by atoms with E-state index in [0.29, 0.717) is 24.9 Å².